The molecule has 0 radical (unpaired) electrons. The largest absolute Gasteiger partial charge is 0.279 e. The molecule has 0 bridgehead atoms. The SMILES string of the molecule is [N-]=[N+]=Nc1ccc(/C=N/Nc2ccc(N/N=C/c3ccc(N=[N+]=[N-])cc3)cc2)cc1. The number of nitrogens with zero attached hydrogens (tertiary/aromatic N) is 8. The van der Waals surface area contributed by atoms with Crippen LogP contribution in [-0.2, 0) is 0 Å². The fourth-order valence-corrected chi connectivity index (χ4v) is 2.34. The normalized spacial score (nSPS) is 10.4. The first-order chi connectivity index (χ1) is 14.8. The zero-order chi connectivity index (χ0) is 21.0. The number of azide groups is 2. The minimum absolute atomic E-state index is 0.554. The van der Waals surface area contributed by atoms with Crippen LogP contribution in [0.25, 0.3) is 20.9 Å². The molecule has 0 heterocycles. The Morgan fingerprint density at radius 1 is 0.567 bits per heavy atom. The van der Waals surface area contributed by atoms with E-state index in [4.69, 9.17) is 11.1 Å². The number of anilines is 2. The molecule has 3 aromatic carbocycles. The second kappa shape index (κ2) is 10.5. The molecule has 0 fully saturated rings. The van der Waals surface area contributed by atoms with Crippen LogP contribution in [0, 0.1) is 0 Å². The smallest absolute Gasteiger partial charge is 0.0563 e. The molecule has 0 aliphatic heterocycles. The Labute approximate surface area is 171 Å². The third-order valence-corrected chi connectivity index (χ3v) is 3.81. The summed E-state index contributed by atoms with van der Waals surface area (Å²) in [4.78, 5) is 5.48. The van der Waals surface area contributed by atoms with Crippen molar-refractivity contribution >= 4 is 35.2 Å². The molecule has 0 aromatic heterocycles. The molecule has 2 N–H and O–H groups in total. The molecule has 0 atom stereocenters. The van der Waals surface area contributed by atoms with Crippen LogP contribution in [0.2, 0.25) is 0 Å². The van der Waals surface area contributed by atoms with Gasteiger partial charge in [-0.15, -0.1) is 0 Å². The lowest BCUT2D eigenvalue weighted by molar-refractivity contribution is 1.32. The van der Waals surface area contributed by atoms with Crippen molar-refractivity contribution in [1.82, 2.24) is 0 Å². The summed E-state index contributed by atoms with van der Waals surface area (Å²) in [5.41, 5.74) is 27.2. The van der Waals surface area contributed by atoms with Gasteiger partial charge in [-0.3, -0.25) is 10.9 Å². The Kier molecular flexibility index (Phi) is 7.01. The molecule has 0 unspecified atom stereocenters. The molecular formula is C20H16N10. The first kappa shape index (κ1) is 20.0. The van der Waals surface area contributed by atoms with Gasteiger partial charge in [-0.05, 0) is 46.5 Å². The number of hydrogen-bond acceptors (Lipinski definition) is 6. The maximum atomic E-state index is 8.40. The Morgan fingerprint density at radius 2 is 0.933 bits per heavy atom. The van der Waals surface area contributed by atoms with Crippen LogP contribution in [0.1, 0.15) is 11.1 Å². The number of rotatable bonds is 8. The number of nitrogens with one attached hydrogen (secondary N) is 2. The van der Waals surface area contributed by atoms with Gasteiger partial charge in [0.2, 0.25) is 0 Å². The van der Waals surface area contributed by atoms with Crippen molar-refractivity contribution in [1.29, 1.82) is 0 Å². The third kappa shape index (κ3) is 6.14. The minimum atomic E-state index is 0.554. The highest BCUT2D eigenvalue weighted by Crippen LogP contribution is 2.15. The van der Waals surface area contributed by atoms with Crippen molar-refractivity contribution in [2.45, 2.75) is 0 Å². The van der Waals surface area contributed by atoms with Crippen LogP contribution < -0.4 is 10.9 Å². The van der Waals surface area contributed by atoms with Crippen molar-refractivity contribution in [3.63, 3.8) is 0 Å². The molecule has 0 amide bonds. The lowest BCUT2D eigenvalue weighted by atomic mass is 10.2. The molecule has 146 valence electrons. The van der Waals surface area contributed by atoms with Crippen LogP contribution >= 0.6 is 0 Å². The standard InChI is InChI=1S/C20H16N10/c21-29-27-19-5-1-15(2-6-19)13-23-25-17-9-11-18(12-10-17)26-24-14-16-3-7-20(8-4-16)28-30-22/h1-14,25-26H/b23-13+,24-14+. The Hall–Kier alpha value is -4.78. The minimum Gasteiger partial charge on any atom is -0.279 e. The maximum Gasteiger partial charge on any atom is 0.0563 e. The van der Waals surface area contributed by atoms with Crippen LogP contribution in [-0.4, -0.2) is 12.4 Å². The first-order valence-corrected chi connectivity index (χ1v) is 8.75. The van der Waals surface area contributed by atoms with Crippen LogP contribution in [0.15, 0.2) is 93.2 Å². The van der Waals surface area contributed by atoms with Crippen molar-refractivity contribution in [3.05, 3.63) is 105 Å². The van der Waals surface area contributed by atoms with E-state index in [1.165, 1.54) is 0 Å². The molecule has 10 heteroatoms. The Morgan fingerprint density at radius 3 is 1.27 bits per heavy atom. The predicted molar refractivity (Wildman–Crippen MR) is 119 cm³/mol. The van der Waals surface area contributed by atoms with E-state index in [2.05, 4.69) is 41.1 Å². The number of benzene rings is 3. The zero-order valence-electron chi connectivity index (χ0n) is 15.7. The van der Waals surface area contributed by atoms with Gasteiger partial charge in [-0.2, -0.15) is 10.2 Å². The van der Waals surface area contributed by atoms with Crippen molar-refractivity contribution < 1.29 is 0 Å². The quantitative estimate of drug-likeness (QED) is 0.148. The molecule has 0 aliphatic rings. The second-order valence-corrected chi connectivity index (χ2v) is 5.88. The van der Waals surface area contributed by atoms with E-state index in [1.54, 1.807) is 36.7 Å². The van der Waals surface area contributed by atoms with E-state index < -0.39 is 0 Å². The van der Waals surface area contributed by atoms with E-state index in [9.17, 15) is 0 Å². The van der Waals surface area contributed by atoms with Gasteiger partial charge in [0, 0.05) is 21.2 Å². The summed E-state index contributed by atoms with van der Waals surface area (Å²) < 4.78 is 0. The summed E-state index contributed by atoms with van der Waals surface area (Å²) >= 11 is 0. The first-order valence-electron chi connectivity index (χ1n) is 8.75. The molecule has 3 aromatic rings. The fraction of sp³-hybridized carbons (Fsp3) is 0. The monoisotopic (exact) mass is 396 g/mol. The van der Waals surface area contributed by atoms with E-state index in [0.29, 0.717) is 11.4 Å². The lowest BCUT2D eigenvalue weighted by Gasteiger charge is -2.03. The third-order valence-electron chi connectivity index (χ3n) is 3.81. The molecule has 3 rings (SSSR count). The summed E-state index contributed by atoms with van der Waals surface area (Å²) in [5, 5.41) is 15.4. The zero-order valence-corrected chi connectivity index (χ0v) is 15.7. The molecule has 0 saturated heterocycles. The van der Waals surface area contributed by atoms with Crippen molar-refractivity contribution in [3.8, 4) is 0 Å². The van der Waals surface area contributed by atoms with Crippen molar-refractivity contribution in [2.75, 3.05) is 10.9 Å². The van der Waals surface area contributed by atoms with Gasteiger partial charge < -0.3 is 0 Å². The van der Waals surface area contributed by atoms with E-state index in [1.807, 2.05) is 48.5 Å². The Balaban J connectivity index is 1.50. The average molecular weight is 396 g/mol. The highest BCUT2D eigenvalue weighted by Gasteiger charge is 1.94. The van der Waals surface area contributed by atoms with Crippen LogP contribution in [0.4, 0.5) is 22.7 Å². The molecular weight excluding hydrogens is 380 g/mol. The fourth-order valence-electron chi connectivity index (χ4n) is 2.34. The molecule has 30 heavy (non-hydrogen) atoms. The topological polar surface area (TPSA) is 146 Å². The number of hydrazone groups is 2. The van der Waals surface area contributed by atoms with Gasteiger partial charge in [0.05, 0.1) is 23.8 Å². The maximum absolute atomic E-state index is 8.40. The van der Waals surface area contributed by atoms with E-state index in [0.717, 1.165) is 22.5 Å². The van der Waals surface area contributed by atoms with Gasteiger partial charge in [-0.1, -0.05) is 58.8 Å². The molecule has 10 nitrogen and oxygen atoms in total. The summed E-state index contributed by atoms with van der Waals surface area (Å²) in [6, 6.07) is 21.6. The highest BCUT2D eigenvalue weighted by atomic mass is 15.3. The van der Waals surface area contributed by atoms with Gasteiger partial charge in [0.25, 0.3) is 0 Å². The predicted octanol–water partition coefficient (Wildman–Crippen LogP) is 6.46. The number of hydrogen-bond donors (Lipinski definition) is 2. The van der Waals surface area contributed by atoms with Gasteiger partial charge in [0.1, 0.15) is 0 Å². The molecule has 0 aliphatic carbocycles. The summed E-state index contributed by atoms with van der Waals surface area (Å²) in [6.07, 6.45) is 3.34. The summed E-state index contributed by atoms with van der Waals surface area (Å²) in [6.45, 7) is 0. The van der Waals surface area contributed by atoms with Gasteiger partial charge >= 0.3 is 0 Å². The Bertz CT molecular complexity index is 1030. The summed E-state index contributed by atoms with van der Waals surface area (Å²) in [5.74, 6) is 0. The average Bonchev–Trinajstić information content (AvgIpc) is 2.78. The molecule has 0 saturated carbocycles. The van der Waals surface area contributed by atoms with Gasteiger partial charge in [0.15, 0.2) is 0 Å². The lowest BCUT2D eigenvalue weighted by Crippen LogP contribution is -1.93. The van der Waals surface area contributed by atoms with Crippen LogP contribution in [0.5, 0.6) is 0 Å². The van der Waals surface area contributed by atoms with Gasteiger partial charge in [-0.25, -0.2) is 0 Å². The van der Waals surface area contributed by atoms with E-state index >= 15 is 0 Å². The van der Waals surface area contributed by atoms with E-state index in [-0.39, 0.29) is 0 Å². The van der Waals surface area contributed by atoms with Crippen LogP contribution in [0.3, 0.4) is 0 Å². The highest BCUT2D eigenvalue weighted by molar-refractivity contribution is 5.81. The van der Waals surface area contributed by atoms with Crippen molar-refractivity contribution in [2.24, 2.45) is 20.4 Å². The summed E-state index contributed by atoms with van der Waals surface area (Å²) in [7, 11) is 0. The second-order valence-electron chi connectivity index (χ2n) is 5.88. The molecule has 0 spiro atoms.